The molecule has 1 fully saturated rings. The molecule has 3 heterocycles. The molecule has 1 saturated heterocycles. The van der Waals surface area contributed by atoms with Crippen LogP contribution in [0.5, 0.6) is 0 Å². The average molecular weight is 646 g/mol. The molecule has 5 heteroatoms. The molecule has 0 saturated carbocycles. The lowest BCUT2D eigenvalue weighted by Crippen LogP contribution is -2.41. The molecular formula is C42H52BNO2S. The van der Waals surface area contributed by atoms with E-state index in [-0.39, 0.29) is 24.1 Å². The Bertz CT molecular complexity index is 1840. The number of fused-ring (bicyclic) bond motifs is 4. The zero-order valence-corrected chi connectivity index (χ0v) is 30.5. The van der Waals surface area contributed by atoms with Crippen molar-refractivity contribution in [2.24, 2.45) is 0 Å². The number of hydrogen-bond donors (Lipinski definition) is 0. The van der Waals surface area contributed by atoms with Crippen molar-refractivity contribution in [1.82, 2.24) is 4.57 Å². The minimum Gasteiger partial charge on any atom is -0.403 e. The molecule has 246 valence electrons. The fourth-order valence-corrected chi connectivity index (χ4v) is 7.68. The van der Waals surface area contributed by atoms with Gasteiger partial charge in [0.2, 0.25) is 0 Å². The SMILES string of the molecule is C/C=C\C=C/C/C=C/n1c2c(c3cc(-c4cccc5c4S/C(=C/C/C=C\C)C5)ccc31)=CC(B1OC(C)(C)C(C)(C)O1)CCC=2.CC. The molecule has 3 nitrogen and oxygen atoms in total. The summed E-state index contributed by atoms with van der Waals surface area (Å²) < 4.78 is 15.5. The topological polar surface area (TPSA) is 23.4 Å². The maximum Gasteiger partial charge on any atom is 0.465 e. The number of thioether (sulfide) groups is 1. The fourth-order valence-electron chi connectivity index (χ4n) is 6.45. The van der Waals surface area contributed by atoms with Gasteiger partial charge in [0.1, 0.15) is 0 Å². The molecule has 2 aliphatic heterocycles. The summed E-state index contributed by atoms with van der Waals surface area (Å²) in [5.41, 5.74) is 4.55. The van der Waals surface area contributed by atoms with Gasteiger partial charge in [-0.2, -0.15) is 0 Å². The molecule has 6 rings (SSSR count). The molecule has 0 N–H and O–H groups in total. The molecule has 1 aromatic heterocycles. The van der Waals surface area contributed by atoms with Crippen LogP contribution in [0.2, 0.25) is 5.82 Å². The molecule has 47 heavy (non-hydrogen) atoms. The molecule has 2 aromatic carbocycles. The van der Waals surface area contributed by atoms with Crippen molar-refractivity contribution in [3.05, 3.63) is 106 Å². The summed E-state index contributed by atoms with van der Waals surface area (Å²) in [5.74, 6) is 0.167. The van der Waals surface area contributed by atoms with Gasteiger partial charge >= 0.3 is 7.12 Å². The Morgan fingerprint density at radius 1 is 0.936 bits per heavy atom. The van der Waals surface area contributed by atoms with Gasteiger partial charge in [-0.15, -0.1) is 0 Å². The first-order valence-corrected chi connectivity index (χ1v) is 18.3. The van der Waals surface area contributed by atoms with Crippen LogP contribution >= 0.6 is 11.8 Å². The molecular weight excluding hydrogens is 593 g/mol. The first-order chi connectivity index (χ1) is 22.7. The summed E-state index contributed by atoms with van der Waals surface area (Å²) in [4.78, 5) is 2.84. The number of allylic oxidation sites excluding steroid dienone is 9. The summed E-state index contributed by atoms with van der Waals surface area (Å²) in [7, 11) is -0.259. The highest BCUT2D eigenvalue weighted by Crippen LogP contribution is 2.46. The van der Waals surface area contributed by atoms with Gasteiger partial charge in [-0.05, 0) is 101 Å². The lowest BCUT2D eigenvalue weighted by atomic mass is 9.69. The van der Waals surface area contributed by atoms with Crippen molar-refractivity contribution in [3.8, 4) is 11.1 Å². The van der Waals surface area contributed by atoms with Gasteiger partial charge in [-0.25, -0.2) is 0 Å². The number of rotatable bonds is 8. The number of hydrogen-bond acceptors (Lipinski definition) is 3. The van der Waals surface area contributed by atoms with Gasteiger partial charge in [0, 0.05) is 39.3 Å². The minimum atomic E-state index is -0.347. The maximum absolute atomic E-state index is 6.58. The second-order valence-corrected chi connectivity index (χ2v) is 14.4. The minimum absolute atomic E-state index is 0.167. The molecule has 0 amide bonds. The van der Waals surface area contributed by atoms with Gasteiger partial charge in [0.15, 0.2) is 0 Å². The zero-order chi connectivity index (χ0) is 33.6. The van der Waals surface area contributed by atoms with Crippen molar-refractivity contribution in [1.29, 1.82) is 0 Å². The van der Waals surface area contributed by atoms with Crippen LogP contribution in [0.4, 0.5) is 0 Å². The third-order valence-electron chi connectivity index (χ3n) is 9.61. The van der Waals surface area contributed by atoms with Crippen molar-refractivity contribution in [2.75, 3.05) is 0 Å². The Balaban J connectivity index is 0.00000213. The number of aromatic nitrogens is 1. The van der Waals surface area contributed by atoms with Gasteiger partial charge in [-0.3, -0.25) is 0 Å². The molecule has 1 unspecified atom stereocenters. The van der Waals surface area contributed by atoms with E-state index in [1.54, 1.807) is 0 Å². The second-order valence-electron chi connectivity index (χ2n) is 13.3. The van der Waals surface area contributed by atoms with Crippen LogP contribution in [0.1, 0.15) is 86.6 Å². The third-order valence-corrected chi connectivity index (χ3v) is 10.9. The highest BCUT2D eigenvalue weighted by Gasteiger charge is 2.53. The van der Waals surface area contributed by atoms with Crippen molar-refractivity contribution in [2.45, 2.75) is 109 Å². The van der Waals surface area contributed by atoms with Gasteiger partial charge in [-0.1, -0.05) is 111 Å². The molecule has 0 spiro atoms. The van der Waals surface area contributed by atoms with E-state index in [2.05, 4.69) is 143 Å². The van der Waals surface area contributed by atoms with Crippen molar-refractivity contribution < 1.29 is 9.31 Å². The quantitative estimate of drug-likeness (QED) is 0.138. The van der Waals surface area contributed by atoms with Crippen LogP contribution in [0.3, 0.4) is 0 Å². The molecule has 3 aromatic rings. The van der Waals surface area contributed by atoms with Gasteiger partial charge < -0.3 is 13.9 Å². The first kappa shape index (κ1) is 35.1. The van der Waals surface area contributed by atoms with Crippen molar-refractivity contribution >= 4 is 48.1 Å². The molecule has 0 bridgehead atoms. The van der Waals surface area contributed by atoms with Crippen LogP contribution in [-0.4, -0.2) is 22.9 Å². The van der Waals surface area contributed by atoms with E-state index in [4.69, 9.17) is 9.31 Å². The molecule has 1 aliphatic carbocycles. The van der Waals surface area contributed by atoms with Gasteiger partial charge in [0.05, 0.1) is 16.7 Å². The lowest BCUT2D eigenvalue weighted by molar-refractivity contribution is 0.00578. The average Bonchev–Trinajstić information content (AvgIpc) is 3.60. The summed E-state index contributed by atoms with van der Waals surface area (Å²) >= 11 is 1.94. The standard InChI is InChI=1S/C40H46BNO2S.C2H6/c1-7-9-11-12-13-15-25-42-36-22-17-19-31(41-43-39(3,4)40(5,6)44-41)28-35(36)34-27-29(23-24-37(34)42)33-21-16-18-30-26-32(45-38(30)33)20-14-10-8-2;1-2/h7-12,15-16,18,20-25,27-28,31H,13-14,17,19,26H2,1-6H3;1-2H3/b9-7-,10-8-,12-11-,25-15+,32-20+;. The first-order valence-electron chi connectivity index (χ1n) is 17.5. The van der Waals surface area contributed by atoms with E-state index in [0.717, 1.165) is 32.1 Å². The molecule has 3 aliphatic rings. The predicted octanol–water partition coefficient (Wildman–Crippen LogP) is 10.6. The highest BCUT2D eigenvalue weighted by atomic mass is 32.2. The van der Waals surface area contributed by atoms with E-state index in [0.29, 0.717) is 0 Å². The summed E-state index contributed by atoms with van der Waals surface area (Å²) in [6, 6.07) is 13.8. The van der Waals surface area contributed by atoms with Crippen LogP contribution in [-0.2, 0) is 15.7 Å². The Labute approximate surface area is 287 Å². The summed E-state index contributed by atoms with van der Waals surface area (Å²) in [5, 5.41) is 3.82. The third kappa shape index (κ3) is 7.43. The smallest absolute Gasteiger partial charge is 0.403 e. The Morgan fingerprint density at radius 3 is 2.47 bits per heavy atom. The molecule has 0 radical (unpaired) electrons. The van der Waals surface area contributed by atoms with Gasteiger partial charge in [0.25, 0.3) is 0 Å². The lowest BCUT2D eigenvalue weighted by Gasteiger charge is -2.32. The normalized spacial score (nSPS) is 21.0. The van der Waals surface area contributed by atoms with Crippen molar-refractivity contribution in [3.63, 3.8) is 0 Å². The van der Waals surface area contributed by atoms with E-state index in [1.807, 2.05) is 32.5 Å². The molecule has 1 atom stereocenters. The Hall–Kier alpha value is -3.25. The largest absolute Gasteiger partial charge is 0.465 e. The van der Waals surface area contributed by atoms with Crippen LogP contribution in [0.15, 0.2) is 94.8 Å². The zero-order valence-electron chi connectivity index (χ0n) is 29.7. The van der Waals surface area contributed by atoms with Crippen LogP contribution in [0, 0.1) is 0 Å². The fraction of sp³-hybridized carbons (Fsp3) is 0.381. The highest BCUT2D eigenvalue weighted by molar-refractivity contribution is 8.03. The van der Waals surface area contributed by atoms with E-state index < -0.39 is 0 Å². The van der Waals surface area contributed by atoms with E-state index in [1.165, 1.54) is 48.0 Å². The number of nitrogens with zero attached hydrogens (tertiary/aromatic N) is 1. The Kier molecular flexibility index (Phi) is 11.4. The monoisotopic (exact) mass is 645 g/mol. The van der Waals surface area contributed by atoms with Crippen LogP contribution in [0.25, 0.3) is 40.4 Å². The van der Waals surface area contributed by atoms with Crippen LogP contribution < -0.4 is 10.6 Å². The second kappa shape index (κ2) is 15.3. The number of benzene rings is 2. The van der Waals surface area contributed by atoms with E-state index >= 15 is 0 Å². The predicted molar refractivity (Wildman–Crippen MR) is 207 cm³/mol. The summed E-state index contributed by atoms with van der Waals surface area (Å²) in [6.45, 7) is 16.7. The Morgan fingerprint density at radius 2 is 1.72 bits per heavy atom. The van der Waals surface area contributed by atoms with E-state index in [9.17, 15) is 0 Å². The summed E-state index contributed by atoms with van der Waals surface area (Å²) in [6.07, 6.45) is 29.4. The maximum atomic E-state index is 6.58.